The van der Waals surface area contributed by atoms with E-state index in [1.54, 1.807) is 6.92 Å². The molecule has 1 aliphatic carbocycles. The molecule has 0 aromatic heterocycles. The Morgan fingerprint density at radius 2 is 2.29 bits per heavy atom. The summed E-state index contributed by atoms with van der Waals surface area (Å²) in [4.78, 5) is 11.2. The molecule has 3 heteroatoms. The van der Waals surface area contributed by atoms with Crippen LogP contribution in [0.2, 0.25) is 0 Å². The van der Waals surface area contributed by atoms with Crippen LogP contribution in [-0.4, -0.2) is 23.7 Å². The Labute approximate surface area is 85.9 Å². The van der Waals surface area contributed by atoms with Crippen molar-refractivity contribution in [3.63, 3.8) is 0 Å². The van der Waals surface area contributed by atoms with Crippen molar-refractivity contribution in [3.05, 3.63) is 0 Å². The topological polar surface area (TPSA) is 49.3 Å². The van der Waals surface area contributed by atoms with Gasteiger partial charge in [-0.25, -0.2) is 0 Å². The van der Waals surface area contributed by atoms with Crippen molar-refractivity contribution in [2.75, 3.05) is 6.54 Å². The van der Waals surface area contributed by atoms with Gasteiger partial charge in [-0.3, -0.25) is 4.79 Å². The summed E-state index contributed by atoms with van der Waals surface area (Å²) in [5, 5.41) is 11.9. The van der Waals surface area contributed by atoms with Crippen LogP contribution in [0.25, 0.3) is 0 Å². The van der Waals surface area contributed by atoms with Crippen molar-refractivity contribution >= 4 is 5.91 Å². The third-order valence-electron chi connectivity index (χ3n) is 2.89. The highest BCUT2D eigenvalue weighted by molar-refractivity contribution is 5.75. The van der Waals surface area contributed by atoms with E-state index in [4.69, 9.17) is 5.11 Å². The molecule has 0 spiro atoms. The summed E-state index contributed by atoms with van der Waals surface area (Å²) in [7, 11) is 0. The van der Waals surface area contributed by atoms with Crippen molar-refractivity contribution in [1.82, 2.24) is 5.32 Å². The second kappa shape index (κ2) is 6.02. The number of hydrogen-bond acceptors (Lipinski definition) is 2. The fraction of sp³-hybridized carbons (Fsp3) is 0.909. The summed E-state index contributed by atoms with van der Waals surface area (Å²) < 4.78 is 0. The molecule has 0 saturated heterocycles. The van der Waals surface area contributed by atoms with Crippen molar-refractivity contribution in [1.29, 1.82) is 0 Å². The van der Waals surface area contributed by atoms with Gasteiger partial charge in [-0.05, 0) is 25.7 Å². The van der Waals surface area contributed by atoms with Gasteiger partial charge in [0.25, 0.3) is 0 Å². The van der Waals surface area contributed by atoms with Gasteiger partial charge in [0, 0.05) is 13.0 Å². The first-order chi connectivity index (χ1) is 6.68. The van der Waals surface area contributed by atoms with E-state index in [-0.39, 0.29) is 12.0 Å². The van der Waals surface area contributed by atoms with Crippen LogP contribution in [0.4, 0.5) is 0 Å². The fourth-order valence-electron chi connectivity index (χ4n) is 1.63. The first-order valence-electron chi connectivity index (χ1n) is 5.63. The number of carbonyl (C=O) groups is 1. The molecule has 82 valence electrons. The first-order valence-corrected chi connectivity index (χ1v) is 5.63. The van der Waals surface area contributed by atoms with Crippen LogP contribution in [-0.2, 0) is 4.79 Å². The molecule has 0 heterocycles. The van der Waals surface area contributed by atoms with E-state index in [1.165, 1.54) is 19.3 Å². The van der Waals surface area contributed by atoms with Crippen LogP contribution in [0.15, 0.2) is 0 Å². The van der Waals surface area contributed by atoms with Gasteiger partial charge in [-0.2, -0.15) is 0 Å². The molecule has 1 fully saturated rings. The summed E-state index contributed by atoms with van der Waals surface area (Å²) in [6.07, 6.45) is 5.80. The number of rotatable bonds is 6. The van der Waals surface area contributed by atoms with E-state index in [0.717, 1.165) is 18.9 Å². The molecule has 3 nitrogen and oxygen atoms in total. The second-order valence-electron chi connectivity index (χ2n) is 4.32. The maximum atomic E-state index is 11.2. The minimum atomic E-state index is -0.368. The molecular formula is C11H21NO2. The largest absolute Gasteiger partial charge is 0.393 e. The molecule has 1 atom stereocenters. The van der Waals surface area contributed by atoms with Crippen LogP contribution in [0.3, 0.4) is 0 Å². The zero-order valence-corrected chi connectivity index (χ0v) is 8.96. The molecule has 0 aromatic carbocycles. The van der Waals surface area contributed by atoms with Gasteiger partial charge in [-0.15, -0.1) is 0 Å². The van der Waals surface area contributed by atoms with Gasteiger partial charge in [-0.1, -0.05) is 19.3 Å². The number of hydrogen-bond donors (Lipinski definition) is 2. The fourth-order valence-corrected chi connectivity index (χ4v) is 1.63. The van der Waals surface area contributed by atoms with Crippen LogP contribution >= 0.6 is 0 Å². The lowest BCUT2D eigenvalue weighted by molar-refractivity contribution is -0.121. The highest BCUT2D eigenvalue weighted by Gasteiger charge is 2.16. The van der Waals surface area contributed by atoms with Crippen LogP contribution in [0.5, 0.6) is 0 Å². The van der Waals surface area contributed by atoms with E-state index in [9.17, 15) is 4.79 Å². The lowest BCUT2D eigenvalue weighted by Gasteiger charge is -2.25. The van der Waals surface area contributed by atoms with Gasteiger partial charge in [0.2, 0.25) is 5.91 Å². The molecule has 2 N–H and O–H groups in total. The lowest BCUT2D eigenvalue weighted by Crippen LogP contribution is -2.27. The molecular weight excluding hydrogens is 178 g/mol. The summed E-state index contributed by atoms with van der Waals surface area (Å²) in [6, 6.07) is 0. The predicted molar refractivity (Wildman–Crippen MR) is 55.9 cm³/mol. The minimum Gasteiger partial charge on any atom is -0.393 e. The highest BCUT2D eigenvalue weighted by Crippen LogP contribution is 2.28. The lowest BCUT2D eigenvalue weighted by atomic mass is 9.83. The number of carbonyl (C=O) groups excluding carboxylic acids is 1. The Morgan fingerprint density at radius 1 is 1.57 bits per heavy atom. The molecule has 0 aromatic rings. The standard InChI is InChI=1S/C11H21NO2/c1-9(13)5-6-11(14)12-8-7-10-3-2-4-10/h9-10,13H,2-8H2,1H3,(H,12,14). The summed E-state index contributed by atoms with van der Waals surface area (Å²) in [6.45, 7) is 2.52. The van der Waals surface area contributed by atoms with Gasteiger partial charge < -0.3 is 10.4 Å². The molecule has 14 heavy (non-hydrogen) atoms. The number of aliphatic hydroxyl groups is 1. The van der Waals surface area contributed by atoms with Gasteiger partial charge in [0.15, 0.2) is 0 Å². The Kier molecular flexibility index (Phi) is 4.94. The molecule has 1 rings (SSSR count). The van der Waals surface area contributed by atoms with E-state index in [1.807, 2.05) is 0 Å². The van der Waals surface area contributed by atoms with Gasteiger partial charge in [0.05, 0.1) is 6.10 Å². The normalized spacial score (nSPS) is 18.7. The number of amides is 1. The summed E-state index contributed by atoms with van der Waals surface area (Å²) in [5.41, 5.74) is 0. The smallest absolute Gasteiger partial charge is 0.220 e. The molecule has 1 aliphatic rings. The van der Waals surface area contributed by atoms with Crippen molar-refractivity contribution < 1.29 is 9.90 Å². The first kappa shape index (κ1) is 11.5. The average molecular weight is 199 g/mol. The Balaban J connectivity index is 1.91. The van der Waals surface area contributed by atoms with E-state index < -0.39 is 0 Å². The van der Waals surface area contributed by atoms with Crippen LogP contribution in [0.1, 0.15) is 45.4 Å². The third-order valence-corrected chi connectivity index (χ3v) is 2.89. The number of nitrogens with one attached hydrogen (secondary N) is 1. The molecule has 0 radical (unpaired) electrons. The average Bonchev–Trinajstić information content (AvgIpc) is 2.06. The van der Waals surface area contributed by atoms with E-state index >= 15 is 0 Å². The SMILES string of the molecule is CC(O)CCC(=O)NCCC1CCC1. The predicted octanol–water partition coefficient (Wildman–Crippen LogP) is 1.45. The number of aliphatic hydroxyl groups excluding tert-OH is 1. The monoisotopic (exact) mass is 199 g/mol. The quantitative estimate of drug-likeness (QED) is 0.680. The van der Waals surface area contributed by atoms with Gasteiger partial charge in [0.1, 0.15) is 0 Å². The zero-order chi connectivity index (χ0) is 10.4. The maximum Gasteiger partial charge on any atom is 0.220 e. The molecule has 1 unspecified atom stereocenters. The van der Waals surface area contributed by atoms with Crippen LogP contribution < -0.4 is 5.32 Å². The Hall–Kier alpha value is -0.570. The Morgan fingerprint density at radius 3 is 2.79 bits per heavy atom. The maximum absolute atomic E-state index is 11.2. The van der Waals surface area contributed by atoms with E-state index in [0.29, 0.717) is 12.8 Å². The summed E-state index contributed by atoms with van der Waals surface area (Å²) in [5.74, 6) is 0.928. The van der Waals surface area contributed by atoms with E-state index in [2.05, 4.69) is 5.32 Å². The molecule has 0 aliphatic heterocycles. The zero-order valence-electron chi connectivity index (χ0n) is 8.96. The highest BCUT2D eigenvalue weighted by atomic mass is 16.3. The summed E-state index contributed by atoms with van der Waals surface area (Å²) >= 11 is 0. The third kappa shape index (κ3) is 4.61. The van der Waals surface area contributed by atoms with Crippen molar-refractivity contribution in [3.8, 4) is 0 Å². The van der Waals surface area contributed by atoms with Gasteiger partial charge >= 0.3 is 0 Å². The van der Waals surface area contributed by atoms with Crippen molar-refractivity contribution in [2.24, 2.45) is 5.92 Å². The molecule has 1 saturated carbocycles. The molecule has 0 bridgehead atoms. The molecule has 1 amide bonds. The van der Waals surface area contributed by atoms with Crippen molar-refractivity contribution in [2.45, 2.75) is 51.6 Å². The van der Waals surface area contributed by atoms with Crippen LogP contribution in [0, 0.1) is 5.92 Å². The Bertz CT molecular complexity index is 176. The second-order valence-corrected chi connectivity index (χ2v) is 4.32. The minimum absolute atomic E-state index is 0.0743.